The SMILES string of the molecule is Cc1ccc([C@@H](NC(=O)CCCN(c2ccccc2F)S(C)(=O)=O)c2ccccc2)c(C)c1. The number of rotatable bonds is 9. The van der Waals surface area contributed by atoms with Gasteiger partial charge in [0.1, 0.15) is 5.82 Å². The van der Waals surface area contributed by atoms with Crippen molar-refractivity contribution in [2.45, 2.75) is 32.7 Å². The molecule has 3 rings (SSSR count). The third-order valence-electron chi connectivity index (χ3n) is 5.46. The first-order valence-corrected chi connectivity index (χ1v) is 12.7. The molecule has 0 spiro atoms. The molecule has 0 radical (unpaired) electrons. The molecule has 5 nitrogen and oxygen atoms in total. The molecule has 0 unspecified atom stereocenters. The van der Waals surface area contributed by atoms with Gasteiger partial charge in [0.2, 0.25) is 15.9 Å². The lowest BCUT2D eigenvalue weighted by molar-refractivity contribution is -0.121. The molecule has 7 heteroatoms. The summed E-state index contributed by atoms with van der Waals surface area (Å²) in [6, 6.07) is 21.2. The maximum absolute atomic E-state index is 14.2. The van der Waals surface area contributed by atoms with E-state index < -0.39 is 15.8 Å². The van der Waals surface area contributed by atoms with Crippen LogP contribution in [0.5, 0.6) is 0 Å². The molecule has 0 saturated carbocycles. The molecular weight excluding hydrogens is 439 g/mol. The third kappa shape index (κ3) is 6.42. The number of anilines is 1. The number of hydrogen-bond donors (Lipinski definition) is 1. The van der Waals surface area contributed by atoms with Crippen molar-refractivity contribution in [3.63, 3.8) is 0 Å². The highest BCUT2D eigenvalue weighted by Crippen LogP contribution is 2.26. The van der Waals surface area contributed by atoms with Crippen molar-refractivity contribution in [1.29, 1.82) is 0 Å². The Morgan fingerprint density at radius 1 is 1.00 bits per heavy atom. The summed E-state index contributed by atoms with van der Waals surface area (Å²) in [5.41, 5.74) is 4.17. The third-order valence-corrected chi connectivity index (χ3v) is 6.64. The van der Waals surface area contributed by atoms with E-state index in [1.807, 2.05) is 56.3 Å². The van der Waals surface area contributed by atoms with Crippen LogP contribution >= 0.6 is 0 Å². The summed E-state index contributed by atoms with van der Waals surface area (Å²) in [7, 11) is -3.70. The summed E-state index contributed by atoms with van der Waals surface area (Å²) in [5.74, 6) is -0.822. The largest absolute Gasteiger partial charge is 0.345 e. The fourth-order valence-corrected chi connectivity index (χ4v) is 4.84. The monoisotopic (exact) mass is 468 g/mol. The fourth-order valence-electron chi connectivity index (χ4n) is 3.87. The van der Waals surface area contributed by atoms with Crippen LogP contribution in [0, 0.1) is 19.7 Å². The van der Waals surface area contributed by atoms with E-state index in [2.05, 4.69) is 11.4 Å². The molecule has 0 aliphatic carbocycles. The zero-order valence-corrected chi connectivity index (χ0v) is 19.9. The van der Waals surface area contributed by atoms with E-state index in [9.17, 15) is 17.6 Å². The van der Waals surface area contributed by atoms with Gasteiger partial charge in [-0.1, -0.05) is 66.2 Å². The van der Waals surface area contributed by atoms with Gasteiger partial charge in [0.15, 0.2) is 0 Å². The Labute approximate surface area is 195 Å². The molecule has 1 amide bonds. The smallest absolute Gasteiger partial charge is 0.232 e. The fraction of sp³-hybridized carbons (Fsp3) is 0.269. The van der Waals surface area contributed by atoms with Crippen molar-refractivity contribution in [1.82, 2.24) is 5.32 Å². The van der Waals surface area contributed by atoms with E-state index in [4.69, 9.17) is 0 Å². The maximum Gasteiger partial charge on any atom is 0.232 e. The molecule has 3 aromatic rings. The molecule has 1 atom stereocenters. The summed E-state index contributed by atoms with van der Waals surface area (Å²) in [4.78, 5) is 12.9. The number of carbonyl (C=O) groups excluding carboxylic acids is 1. The van der Waals surface area contributed by atoms with Gasteiger partial charge < -0.3 is 5.32 Å². The lowest BCUT2D eigenvalue weighted by Crippen LogP contribution is -2.33. The van der Waals surface area contributed by atoms with Gasteiger partial charge in [0, 0.05) is 13.0 Å². The van der Waals surface area contributed by atoms with Gasteiger partial charge in [-0.05, 0) is 49.1 Å². The quantitative estimate of drug-likeness (QED) is 0.486. The van der Waals surface area contributed by atoms with Gasteiger partial charge >= 0.3 is 0 Å². The molecule has 0 fully saturated rings. The summed E-state index contributed by atoms with van der Waals surface area (Å²) in [5, 5.41) is 3.09. The first-order chi connectivity index (χ1) is 15.7. The van der Waals surface area contributed by atoms with E-state index in [0.717, 1.165) is 32.8 Å². The summed E-state index contributed by atoms with van der Waals surface area (Å²) in [6.07, 6.45) is 1.39. The lowest BCUT2D eigenvalue weighted by atomic mass is 9.93. The van der Waals surface area contributed by atoms with Crippen LogP contribution in [-0.2, 0) is 14.8 Å². The number of hydrogen-bond acceptors (Lipinski definition) is 3. The number of halogens is 1. The topological polar surface area (TPSA) is 66.5 Å². The van der Waals surface area contributed by atoms with Crippen LogP contribution in [0.25, 0.3) is 0 Å². The Morgan fingerprint density at radius 3 is 2.30 bits per heavy atom. The van der Waals surface area contributed by atoms with Crippen LogP contribution in [-0.4, -0.2) is 27.1 Å². The molecule has 0 aliphatic rings. The van der Waals surface area contributed by atoms with Crippen molar-refractivity contribution >= 4 is 21.6 Å². The van der Waals surface area contributed by atoms with Crippen LogP contribution in [0.15, 0.2) is 72.8 Å². The number of aryl methyl sites for hydroxylation is 2. The van der Waals surface area contributed by atoms with Crippen LogP contribution in [0.1, 0.15) is 41.1 Å². The molecule has 3 aromatic carbocycles. The Balaban J connectivity index is 1.73. The number of nitrogens with zero attached hydrogens (tertiary/aromatic N) is 1. The van der Waals surface area contributed by atoms with E-state index >= 15 is 0 Å². The van der Waals surface area contributed by atoms with E-state index in [1.54, 1.807) is 6.07 Å². The standard InChI is InChI=1S/C26H29FN2O3S/c1-19-15-16-22(20(2)18-19)26(21-10-5-4-6-11-21)28-25(30)14-9-17-29(33(3,31)32)24-13-8-7-12-23(24)27/h4-8,10-13,15-16,18,26H,9,14,17H2,1-3H3,(H,28,30)/t26-/m0/s1. The zero-order chi connectivity index (χ0) is 24.0. The molecule has 1 N–H and O–H groups in total. The number of amides is 1. The minimum atomic E-state index is -3.70. The Hall–Kier alpha value is -3.19. The minimum Gasteiger partial charge on any atom is -0.345 e. The summed E-state index contributed by atoms with van der Waals surface area (Å²) in [6.45, 7) is 4.05. The van der Waals surface area contributed by atoms with Gasteiger partial charge in [-0.25, -0.2) is 12.8 Å². The summed E-state index contributed by atoms with van der Waals surface area (Å²) < 4.78 is 39.7. The molecule has 0 heterocycles. The second-order valence-corrected chi connectivity index (χ2v) is 10.1. The van der Waals surface area contributed by atoms with Gasteiger partial charge in [0.05, 0.1) is 18.0 Å². The van der Waals surface area contributed by atoms with Crippen molar-refractivity contribution in [3.05, 3.63) is 101 Å². The van der Waals surface area contributed by atoms with Gasteiger partial charge in [-0.15, -0.1) is 0 Å². The lowest BCUT2D eigenvalue weighted by Gasteiger charge is -2.24. The number of nitrogens with one attached hydrogen (secondary N) is 1. The Bertz CT molecular complexity index is 1210. The van der Waals surface area contributed by atoms with Crippen LogP contribution in [0.4, 0.5) is 10.1 Å². The van der Waals surface area contributed by atoms with Crippen molar-refractivity contribution in [2.24, 2.45) is 0 Å². The first kappa shape index (κ1) is 24.5. The normalized spacial score (nSPS) is 12.2. The molecule has 33 heavy (non-hydrogen) atoms. The second kappa shape index (κ2) is 10.6. The molecule has 174 valence electrons. The predicted molar refractivity (Wildman–Crippen MR) is 130 cm³/mol. The number of para-hydroxylation sites is 1. The molecular formula is C26H29FN2O3S. The van der Waals surface area contributed by atoms with Crippen LogP contribution in [0.2, 0.25) is 0 Å². The zero-order valence-electron chi connectivity index (χ0n) is 19.1. The van der Waals surface area contributed by atoms with E-state index in [0.29, 0.717) is 0 Å². The number of benzene rings is 3. The minimum absolute atomic E-state index is 0.00670. The average molecular weight is 469 g/mol. The molecule has 0 aromatic heterocycles. The van der Waals surface area contributed by atoms with Crippen LogP contribution < -0.4 is 9.62 Å². The highest BCUT2D eigenvalue weighted by molar-refractivity contribution is 7.92. The van der Waals surface area contributed by atoms with Crippen molar-refractivity contribution in [3.8, 4) is 0 Å². The highest BCUT2D eigenvalue weighted by Gasteiger charge is 2.22. The van der Waals surface area contributed by atoms with Gasteiger partial charge in [0.25, 0.3) is 0 Å². The van der Waals surface area contributed by atoms with E-state index in [1.165, 1.54) is 18.2 Å². The van der Waals surface area contributed by atoms with E-state index in [-0.39, 0.29) is 37.0 Å². The van der Waals surface area contributed by atoms with Gasteiger partial charge in [-0.2, -0.15) is 0 Å². The van der Waals surface area contributed by atoms with Crippen LogP contribution in [0.3, 0.4) is 0 Å². The molecule has 0 saturated heterocycles. The molecule has 0 aliphatic heterocycles. The Morgan fingerprint density at radius 2 is 1.67 bits per heavy atom. The van der Waals surface area contributed by atoms with Gasteiger partial charge in [-0.3, -0.25) is 9.10 Å². The maximum atomic E-state index is 14.2. The predicted octanol–water partition coefficient (Wildman–Crippen LogP) is 4.89. The Kier molecular flexibility index (Phi) is 7.87. The number of sulfonamides is 1. The van der Waals surface area contributed by atoms with Crippen molar-refractivity contribution < 1.29 is 17.6 Å². The second-order valence-electron chi connectivity index (χ2n) is 8.16. The number of carbonyl (C=O) groups is 1. The highest BCUT2D eigenvalue weighted by atomic mass is 32.2. The average Bonchev–Trinajstić information content (AvgIpc) is 2.76. The molecule has 0 bridgehead atoms. The van der Waals surface area contributed by atoms with Crippen molar-refractivity contribution in [2.75, 3.05) is 17.1 Å². The summed E-state index contributed by atoms with van der Waals surface area (Å²) >= 11 is 0. The first-order valence-electron chi connectivity index (χ1n) is 10.8.